The van der Waals surface area contributed by atoms with Gasteiger partial charge in [0.2, 0.25) is 5.13 Å². The van der Waals surface area contributed by atoms with E-state index < -0.39 is 0 Å². The number of anilines is 2. The van der Waals surface area contributed by atoms with Crippen molar-refractivity contribution >= 4 is 51.5 Å². The normalized spacial score (nSPS) is 11.9. The Hall–Kier alpha value is -1.31. The number of carbonyl (C=O) groups excluding carboxylic acids is 1. The van der Waals surface area contributed by atoms with Gasteiger partial charge in [-0.2, -0.15) is 0 Å². The summed E-state index contributed by atoms with van der Waals surface area (Å²) in [5.74, 6) is -0.283. The average molecular weight is 330 g/mol. The van der Waals surface area contributed by atoms with Crippen LogP contribution in [0.2, 0.25) is 5.02 Å². The Morgan fingerprint density at radius 3 is 3.00 bits per heavy atom. The largest absolute Gasteiger partial charge is 0.468 e. The third-order valence-corrected chi connectivity index (χ3v) is 4.53. The number of hydrogen-bond acceptors (Lipinski definition) is 7. The second-order valence-electron chi connectivity index (χ2n) is 3.79. The molecule has 0 saturated heterocycles. The molecule has 0 aliphatic carbocycles. The van der Waals surface area contributed by atoms with Crippen molar-refractivity contribution in [2.75, 3.05) is 12.4 Å². The highest BCUT2D eigenvalue weighted by molar-refractivity contribution is 8.02. The van der Waals surface area contributed by atoms with Crippen molar-refractivity contribution in [2.45, 2.75) is 16.5 Å². The van der Waals surface area contributed by atoms with E-state index in [1.165, 1.54) is 30.2 Å². The molecule has 0 bridgehead atoms. The Morgan fingerprint density at radius 2 is 2.30 bits per heavy atom. The van der Waals surface area contributed by atoms with Gasteiger partial charge >= 0.3 is 5.97 Å². The lowest BCUT2D eigenvalue weighted by molar-refractivity contribution is -0.139. The van der Waals surface area contributed by atoms with E-state index in [1.54, 1.807) is 19.1 Å². The Balaban J connectivity index is 2.00. The number of ether oxygens (including phenoxy) is 1. The molecular formula is C12H12ClN3O2S2. The van der Waals surface area contributed by atoms with Crippen molar-refractivity contribution in [1.82, 2.24) is 10.2 Å². The van der Waals surface area contributed by atoms with E-state index in [0.717, 1.165) is 5.69 Å². The minimum atomic E-state index is -0.313. The summed E-state index contributed by atoms with van der Waals surface area (Å²) in [6.07, 6.45) is 0. The Kier molecular flexibility index (Phi) is 5.22. The van der Waals surface area contributed by atoms with Gasteiger partial charge in [-0.05, 0) is 25.1 Å². The first kappa shape index (κ1) is 15.1. The summed E-state index contributed by atoms with van der Waals surface area (Å²) >= 11 is 8.59. The standard InChI is InChI=1S/C12H12ClN3O2S2/c1-7(10(17)18-2)19-12-16-15-11(20-12)14-9-5-3-4-8(13)6-9/h3-7H,1-2H3,(H,14,15)/t7-/m0/s1. The van der Waals surface area contributed by atoms with Gasteiger partial charge in [0.15, 0.2) is 4.34 Å². The van der Waals surface area contributed by atoms with Crippen molar-refractivity contribution in [3.63, 3.8) is 0 Å². The molecule has 0 aliphatic rings. The zero-order chi connectivity index (χ0) is 14.5. The molecule has 1 atom stereocenters. The number of aromatic nitrogens is 2. The summed E-state index contributed by atoms with van der Waals surface area (Å²) < 4.78 is 5.37. The highest BCUT2D eigenvalue weighted by Crippen LogP contribution is 2.31. The highest BCUT2D eigenvalue weighted by Gasteiger charge is 2.17. The Labute approximate surface area is 129 Å². The number of carbonyl (C=O) groups is 1. The average Bonchev–Trinajstić information content (AvgIpc) is 2.85. The fourth-order valence-electron chi connectivity index (χ4n) is 1.36. The SMILES string of the molecule is COC(=O)[C@H](C)Sc1nnc(Nc2cccc(Cl)c2)s1. The number of esters is 1. The van der Waals surface area contributed by atoms with Gasteiger partial charge < -0.3 is 10.1 Å². The van der Waals surface area contributed by atoms with Gasteiger partial charge in [-0.15, -0.1) is 10.2 Å². The van der Waals surface area contributed by atoms with E-state index in [4.69, 9.17) is 11.6 Å². The minimum absolute atomic E-state index is 0.283. The fraction of sp³-hybridized carbons (Fsp3) is 0.250. The molecule has 0 amide bonds. The summed E-state index contributed by atoms with van der Waals surface area (Å²) in [7, 11) is 1.37. The smallest absolute Gasteiger partial charge is 0.318 e. The van der Waals surface area contributed by atoms with Crippen molar-refractivity contribution in [3.05, 3.63) is 29.3 Å². The molecular weight excluding hydrogens is 318 g/mol. The van der Waals surface area contributed by atoms with Gasteiger partial charge in [-0.3, -0.25) is 4.79 Å². The zero-order valence-corrected chi connectivity index (χ0v) is 13.2. The van der Waals surface area contributed by atoms with Crippen LogP contribution in [-0.4, -0.2) is 28.5 Å². The van der Waals surface area contributed by atoms with Crippen LogP contribution in [0.3, 0.4) is 0 Å². The topological polar surface area (TPSA) is 64.1 Å². The van der Waals surface area contributed by atoms with Crippen LogP contribution in [0.25, 0.3) is 0 Å². The molecule has 0 saturated carbocycles. The first-order chi connectivity index (χ1) is 9.58. The van der Waals surface area contributed by atoms with Gasteiger partial charge in [0.05, 0.1) is 7.11 Å². The zero-order valence-electron chi connectivity index (χ0n) is 10.8. The van der Waals surface area contributed by atoms with Crippen LogP contribution in [-0.2, 0) is 9.53 Å². The van der Waals surface area contributed by atoms with Crippen LogP contribution in [0.4, 0.5) is 10.8 Å². The van der Waals surface area contributed by atoms with Crippen LogP contribution in [0.15, 0.2) is 28.6 Å². The molecule has 2 rings (SSSR count). The van der Waals surface area contributed by atoms with Crippen LogP contribution in [0.1, 0.15) is 6.92 Å². The number of benzene rings is 1. The molecule has 0 spiro atoms. The molecule has 20 heavy (non-hydrogen) atoms. The first-order valence-corrected chi connectivity index (χ1v) is 7.76. The van der Waals surface area contributed by atoms with Gasteiger partial charge in [0, 0.05) is 10.7 Å². The molecule has 0 radical (unpaired) electrons. The molecule has 5 nitrogen and oxygen atoms in total. The van der Waals surface area contributed by atoms with Crippen LogP contribution < -0.4 is 5.32 Å². The molecule has 1 N–H and O–H groups in total. The van der Waals surface area contributed by atoms with E-state index in [0.29, 0.717) is 14.5 Å². The number of thioether (sulfide) groups is 1. The molecule has 1 heterocycles. The lowest BCUT2D eigenvalue weighted by atomic mass is 10.3. The molecule has 8 heteroatoms. The summed E-state index contributed by atoms with van der Waals surface area (Å²) in [5, 5.41) is 12.1. The minimum Gasteiger partial charge on any atom is -0.468 e. The summed E-state index contributed by atoms with van der Waals surface area (Å²) in [6, 6.07) is 7.33. The molecule has 106 valence electrons. The van der Waals surface area contributed by atoms with Crippen molar-refractivity contribution in [2.24, 2.45) is 0 Å². The van der Waals surface area contributed by atoms with Crippen molar-refractivity contribution < 1.29 is 9.53 Å². The predicted molar refractivity (Wildman–Crippen MR) is 82.0 cm³/mol. The van der Waals surface area contributed by atoms with E-state index in [1.807, 2.05) is 12.1 Å². The van der Waals surface area contributed by atoms with Crippen molar-refractivity contribution in [3.8, 4) is 0 Å². The monoisotopic (exact) mass is 329 g/mol. The second kappa shape index (κ2) is 6.92. The van der Waals surface area contributed by atoms with Crippen LogP contribution in [0.5, 0.6) is 0 Å². The first-order valence-electron chi connectivity index (χ1n) is 5.69. The maximum atomic E-state index is 11.3. The number of nitrogens with zero attached hydrogens (tertiary/aromatic N) is 2. The summed E-state index contributed by atoms with van der Waals surface area (Å²) in [6.45, 7) is 1.77. The number of hydrogen-bond donors (Lipinski definition) is 1. The van der Waals surface area contributed by atoms with Gasteiger partial charge in [0.1, 0.15) is 5.25 Å². The second-order valence-corrected chi connectivity index (χ2v) is 6.79. The number of halogens is 1. The third kappa shape index (κ3) is 4.09. The van der Waals surface area contributed by atoms with Gasteiger partial charge in [0.25, 0.3) is 0 Å². The van der Waals surface area contributed by atoms with E-state index in [2.05, 4.69) is 20.3 Å². The molecule has 1 aromatic heterocycles. The number of nitrogens with one attached hydrogen (secondary N) is 1. The van der Waals surface area contributed by atoms with Crippen LogP contribution >= 0.6 is 34.7 Å². The molecule has 0 aliphatic heterocycles. The molecule has 0 unspecified atom stereocenters. The molecule has 2 aromatic rings. The fourth-order valence-corrected chi connectivity index (χ4v) is 3.50. The van der Waals surface area contributed by atoms with E-state index in [-0.39, 0.29) is 11.2 Å². The number of rotatable bonds is 5. The highest BCUT2D eigenvalue weighted by atomic mass is 35.5. The maximum Gasteiger partial charge on any atom is 0.318 e. The Morgan fingerprint density at radius 1 is 1.50 bits per heavy atom. The van der Waals surface area contributed by atoms with Gasteiger partial charge in [-0.25, -0.2) is 0 Å². The Bertz CT molecular complexity index is 606. The predicted octanol–water partition coefficient (Wildman–Crippen LogP) is 3.59. The van der Waals surface area contributed by atoms with Gasteiger partial charge in [-0.1, -0.05) is 40.8 Å². The summed E-state index contributed by atoms with van der Waals surface area (Å²) in [4.78, 5) is 11.3. The van der Waals surface area contributed by atoms with E-state index >= 15 is 0 Å². The maximum absolute atomic E-state index is 11.3. The van der Waals surface area contributed by atoms with E-state index in [9.17, 15) is 4.79 Å². The lowest BCUT2D eigenvalue weighted by Crippen LogP contribution is -2.14. The quantitative estimate of drug-likeness (QED) is 0.668. The molecule has 0 fully saturated rings. The van der Waals surface area contributed by atoms with Crippen LogP contribution in [0, 0.1) is 0 Å². The molecule has 1 aromatic carbocycles. The van der Waals surface area contributed by atoms with Crippen molar-refractivity contribution in [1.29, 1.82) is 0 Å². The lowest BCUT2D eigenvalue weighted by Gasteiger charge is -2.04. The third-order valence-electron chi connectivity index (χ3n) is 2.29. The summed E-state index contributed by atoms with van der Waals surface area (Å²) in [5.41, 5.74) is 0.839. The number of methoxy groups -OCH3 is 1.